The number of aromatic nitrogens is 1. The first-order valence-corrected chi connectivity index (χ1v) is 10.8. The zero-order valence-corrected chi connectivity index (χ0v) is 18.7. The summed E-state index contributed by atoms with van der Waals surface area (Å²) in [5.41, 5.74) is 0.869. The molecule has 2 aliphatic heterocycles. The van der Waals surface area contributed by atoms with Crippen molar-refractivity contribution in [1.82, 2.24) is 14.8 Å². The Bertz CT molecular complexity index is 1050. The molecule has 2 fully saturated rings. The van der Waals surface area contributed by atoms with Gasteiger partial charge in [-0.2, -0.15) is 0 Å². The van der Waals surface area contributed by atoms with Crippen molar-refractivity contribution in [3.8, 4) is 11.5 Å². The molecule has 3 heterocycles. The van der Waals surface area contributed by atoms with Gasteiger partial charge < -0.3 is 24.2 Å². The smallest absolute Gasteiger partial charge is 0.295 e. The average Bonchev–Trinajstić information content (AvgIpc) is 3.12. The van der Waals surface area contributed by atoms with E-state index in [2.05, 4.69) is 9.88 Å². The van der Waals surface area contributed by atoms with Gasteiger partial charge in [0, 0.05) is 37.9 Å². The zero-order chi connectivity index (χ0) is 23.4. The SMILES string of the molecule is COc1ccc(C(O)=C2C(=O)C(=O)N(CCN3CCOCC3)C2c2ccccn2)cc1OC. The quantitative estimate of drug-likeness (QED) is 0.385. The number of ether oxygens (including phenoxy) is 3. The van der Waals surface area contributed by atoms with Crippen molar-refractivity contribution in [2.75, 3.05) is 53.6 Å². The molecular formula is C24H27N3O6. The van der Waals surface area contributed by atoms with E-state index in [1.165, 1.54) is 19.1 Å². The fraction of sp³-hybridized carbons (Fsp3) is 0.375. The van der Waals surface area contributed by atoms with E-state index in [-0.39, 0.29) is 11.3 Å². The Morgan fingerprint density at radius 1 is 1.09 bits per heavy atom. The largest absolute Gasteiger partial charge is 0.507 e. The van der Waals surface area contributed by atoms with Crippen molar-refractivity contribution >= 4 is 17.4 Å². The predicted molar refractivity (Wildman–Crippen MR) is 120 cm³/mol. The first-order valence-electron chi connectivity index (χ1n) is 10.8. The molecular weight excluding hydrogens is 426 g/mol. The number of hydrogen-bond donors (Lipinski definition) is 1. The number of Topliss-reactive ketones (excluding diaryl/α,β-unsaturated/α-hetero) is 1. The number of rotatable bonds is 7. The Kier molecular flexibility index (Phi) is 6.90. The highest BCUT2D eigenvalue weighted by Gasteiger charge is 2.46. The summed E-state index contributed by atoms with van der Waals surface area (Å²) in [4.78, 5) is 34.2. The predicted octanol–water partition coefficient (Wildman–Crippen LogP) is 1.85. The molecule has 0 spiro atoms. The summed E-state index contributed by atoms with van der Waals surface area (Å²) in [6, 6.07) is 9.34. The maximum atomic E-state index is 13.1. The van der Waals surface area contributed by atoms with Gasteiger partial charge in [0.1, 0.15) is 11.8 Å². The van der Waals surface area contributed by atoms with E-state index in [0.717, 1.165) is 13.1 Å². The van der Waals surface area contributed by atoms with Gasteiger partial charge in [-0.05, 0) is 30.3 Å². The number of hydrogen-bond acceptors (Lipinski definition) is 8. The Morgan fingerprint density at radius 3 is 2.52 bits per heavy atom. The normalized spacial score (nSPS) is 20.8. The van der Waals surface area contributed by atoms with Crippen molar-refractivity contribution < 1.29 is 28.9 Å². The van der Waals surface area contributed by atoms with Crippen molar-refractivity contribution in [3.63, 3.8) is 0 Å². The number of likely N-dealkylation sites (tertiary alicyclic amines) is 1. The van der Waals surface area contributed by atoms with Crippen LogP contribution in [0.4, 0.5) is 0 Å². The molecule has 9 nitrogen and oxygen atoms in total. The highest BCUT2D eigenvalue weighted by molar-refractivity contribution is 6.46. The summed E-state index contributed by atoms with van der Waals surface area (Å²) in [5.74, 6) is -0.779. The van der Waals surface area contributed by atoms with Crippen LogP contribution in [0.25, 0.3) is 5.76 Å². The molecule has 1 unspecified atom stereocenters. The topological polar surface area (TPSA) is 101 Å². The van der Waals surface area contributed by atoms with Gasteiger partial charge >= 0.3 is 0 Å². The maximum absolute atomic E-state index is 13.1. The number of carbonyl (C=O) groups is 2. The Hall–Kier alpha value is -3.43. The summed E-state index contributed by atoms with van der Waals surface area (Å²) >= 11 is 0. The minimum Gasteiger partial charge on any atom is -0.507 e. The second-order valence-electron chi connectivity index (χ2n) is 7.77. The minimum atomic E-state index is -0.791. The second-order valence-corrected chi connectivity index (χ2v) is 7.77. The fourth-order valence-electron chi connectivity index (χ4n) is 4.17. The molecule has 174 valence electrons. The highest BCUT2D eigenvalue weighted by Crippen LogP contribution is 2.39. The first kappa shape index (κ1) is 22.8. The molecule has 2 aliphatic rings. The molecule has 0 bridgehead atoms. The van der Waals surface area contributed by atoms with E-state index in [1.807, 2.05) is 0 Å². The molecule has 1 atom stereocenters. The van der Waals surface area contributed by atoms with Gasteiger partial charge in [0.2, 0.25) is 0 Å². The number of carbonyl (C=O) groups excluding carboxylic acids is 2. The van der Waals surface area contributed by atoms with Crippen LogP contribution in [-0.4, -0.2) is 85.2 Å². The number of benzene rings is 1. The molecule has 0 radical (unpaired) electrons. The van der Waals surface area contributed by atoms with Gasteiger partial charge in [0.05, 0.1) is 38.7 Å². The molecule has 4 rings (SSSR count). The number of ketones is 1. The van der Waals surface area contributed by atoms with Crippen LogP contribution in [0.5, 0.6) is 11.5 Å². The van der Waals surface area contributed by atoms with E-state index in [0.29, 0.717) is 49.1 Å². The highest BCUT2D eigenvalue weighted by atomic mass is 16.5. The van der Waals surface area contributed by atoms with Crippen LogP contribution < -0.4 is 9.47 Å². The van der Waals surface area contributed by atoms with Crippen LogP contribution in [0, 0.1) is 0 Å². The van der Waals surface area contributed by atoms with E-state index < -0.39 is 17.7 Å². The lowest BCUT2D eigenvalue weighted by atomic mass is 9.98. The van der Waals surface area contributed by atoms with E-state index in [1.54, 1.807) is 42.6 Å². The first-order chi connectivity index (χ1) is 16.0. The van der Waals surface area contributed by atoms with Crippen molar-refractivity contribution in [1.29, 1.82) is 0 Å². The number of aliphatic hydroxyl groups excluding tert-OH is 1. The third-order valence-electron chi connectivity index (χ3n) is 5.93. The molecule has 1 amide bonds. The molecule has 2 saturated heterocycles. The van der Waals surface area contributed by atoms with E-state index in [9.17, 15) is 14.7 Å². The number of morpholine rings is 1. The van der Waals surface area contributed by atoms with Gasteiger partial charge in [-0.1, -0.05) is 6.07 Å². The Morgan fingerprint density at radius 2 is 1.85 bits per heavy atom. The summed E-state index contributed by atoms with van der Waals surface area (Å²) in [6.45, 7) is 3.74. The van der Waals surface area contributed by atoms with E-state index in [4.69, 9.17) is 14.2 Å². The van der Waals surface area contributed by atoms with Gasteiger partial charge in [0.25, 0.3) is 11.7 Å². The summed E-state index contributed by atoms with van der Waals surface area (Å²) in [5, 5.41) is 11.2. The molecule has 1 aromatic heterocycles. The van der Waals surface area contributed by atoms with Crippen molar-refractivity contribution in [2.45, 2.75) is 6.04 Å². The third-order valence-corrected chi connectivity index (χ3v) is 5.93. The van der Waals surface area contributed by atoms with Crippen LogP contribution in [0.1, 0.15) is 17.3 Å². The standard InChI is InChI=1S/C24H27N3O6/c1-31-18-7-6-16(15-19(18)32-2)22(28)20-21(17-5-3-4-8-25-17)27(24(30)23(20)29)10-9-26-11-13-33-14-12-26/h3-8,15,21,28H,9-14H2,1-2H3. The van der Waals surface area contributed by atoms with Gasteiger partial charge in [-0.3, -0.25) is 19.5 Å². The molecule has 0 aliphatic carbocycles. The van der Waals surface area contributed by atoms with Crippen molar-refractivity contribution in [2.24, 2.45) is 0 Å². The molecule has 0 saturated carbocycles. The lowest BCUT2D eigenvalue weighted by Gasteiger charge is -2.30. The summed E-state index contributed by atoms with van der Waals surface area (Å²) < 4.78 is 16.0. The Labute approximate surface area is 192 Å². The lowest BCUT2D eigenvalue weighted by molar-refractivity contribution is -0.140. The molecule has 1 N–H and O–H groups in total. The van der Waals surface area contributed by atoms with Crippen LogP contribution in [0.2, 0.25) is 0 Å². The zero-order valence-electron chi connectivity index (χ0n) is 18.7. The Balaban J connectivity index is 1.73. The summed E-state index contributed by atoms with van der Waals surface area (Å²) in [7, 11) is 3.00. The van der Waals surface area contributed by atoms with Crippen LogP contribution >= 0.6 is 0 Å². The van der Waals surface area contributed by atoms with Crippen LogP contribution in [-0.2, 0) is 14.3 Å². The fourth-order valence-corrected chi connectivity index (χ4v) is 4.17. The maximum Gasteiger partial charge on any atom is 0.295 e. The summed E-state index contributed by atoms with van der Waals surface area (Å²) in [6.07, 6.45) is 1.60. The third kappa shape index (κ3) is 4.55. The van der Waals surface area contributed by atoms with Crippen LogP contribution in [0.15, 0.2) is 48.2 Å². The molecule has 33 heavy (non-hydrogen) atoms. The monoisotopic (exact) mass is 453 g/mol. The number of aliphatic hydroxyl groups is 1. The van der Waals surface area contributed by atoms with Gasteiger partial charge in [0.15, 0.2) is 11.5 Å². The van der Waals surface area contributed by atoms with Crippen LogP contribution in [0.3, 0.4) is 0 Å². The molecule has 2 aromatic rings. The number of amides is 1. The number of methoxy groups -OCH3 is 2. The number of pyridine rings is 1. The second kappa shape index (κ2) is 10.0. The molecule has 1 aromatic carbocycles. The van der Waals surface area contributed by atoms with Crippen molar-refractivity contribution in [3.05, 3.63) is 59.4 Å². The van der Waals surface area contributed by atoms with Gasteiger partial charge in [-0.25, -0.2) is 0 Å². The van der Waals surface area contributed by atoms with Gasteiger partial charge in [-0.15, -0.1) is 0 Å². The van der Waals surface area contributed by atoms with E-state index >= 15 is 0 Å². The number of nitrogens with zero attached hydrogens (tertiary/aromatic N) is 3. The minimum absolute atomic E-state index is 0.00731. The average molecular weight is 453 g/mol. The molecule has 9 heteroatoms. The lowest BCUT2D eigenvalue weighted by Crippen LogP contribution is -2.42.